The monoisotopic (exact) mass is 375 g/mol. The van der Waals surface area contributed by atoms with Crippen molar-refractivity contribution in [2.24, 2.45) is 0 Å². The van der Waals surface area contributed by atoms with Crippen LogP contribution in [0.25, 0.3) is 11.3 Å². The van der Waals surface area contributed by atoms with Crippen LogP contribution in [0.1, 0.15) is 33.1 Å². The van der Waals surface area contributed by atoms with E-state index in [9.17, 15) is 4.79 Å². The van der Waals surface area contributed by atoms with Crippen LogP contribution < -0.4 is 10.1 Å². The summed E-state index contributed by atoms with van der Waals surface area (Å²) in [4.78, 5) is 29.4. The summed E-state index contributed by atoms with van der Waals surface area (Å²) < 4.78 is 5.97. The lowest BCUT2D eigenvalue weighted by molar-refractivity contribution is 0.0928. The van der Waals surface area contributed by atoms with Crippen LogP contribution in [-0.4, -0.2) is 38.5 Å². The zero-order chi connectivity index (χ0) is 19.7. The van der Waals surface area contributed by atoms with Gasteiger partial charge in [-0.2, -0.15) is 0 Å². The predicted molar refractivity (Wildman–Crippen MR) is 104 cm³/mol. The van der Waals surface area contributed by atoms with E-state index in [-0.39, 0.29) is 12.0 Å². The van der Waals surface area contributed by atoms with E-state index in [4.69, 9.17) is 4.74 Å². The molecule has 3 aromatic rings. The summed E-state index contributed by atoms with van der Waals surface area (Å²) in [5.41, 5.74) is 5.87. The Balaban J connectivity index is 1.43. The van der Waals surface area contributed by atoms with Crippen LogP contribution in [0.3, 0.4) is 0 Å². The van der Waals surface area contributed by atoms with E-state index in [1.165, 1.54) is 6.20 Å². The van der Waals surface area contributed by atoms with Crippen molar-refractivity contribution in [2.75, 3.05) is 6.54 Å². The molecule has 0 aliphatic carbocycles. The number of benzene rings is 1. The Hall–Kier alpha value is -3.35. The van der Waals surface area contributed by atoms with Gasteiger partial charge < -0.3 is 10.1 Å². The Kier molecular flexibility index (Phi) is 4.73. The van der Waals surface area contributed by atoms with Crippen molar-refractivity contribution < 1.29 is 9.53 Å². The number of carbonyl (C=O) groups is 1. The molecule has 1 aromatic carbocycles. The Morgan fingerprint density at radius 1 is 1.11 bits per heavy atom. The zero-order valence-electron chi connectivity index (χ0n) is 16.1. The fourth-order valence-electron chi connectivity index (χ4n) is 3.20. The number of ether oxygens (including phenoxy) is 1. The molecule has 0 saturated heterocycles. The molecule has 142 valence electrons. The lowest BCUT2D eigenvalue weighted by atomic mass is 10.0. The second kappa shape index (κ2) is 7.34. The molecule has 28 heavy (non-hydrogen) atoms. The number of aryl methyl sites for hydroxylation is 3. The molecule has 0 spiro atoms. The molecule has 1 N–H and O–H groups in total. The fraction of sp³-hybridized carbons (Fsp3) is 0.286. The maximum absolute atomic E-state index is 12.2. The average Bonchev–Trinajstić information content (AvgIpc) is 3.10. The standard InChI is InChI=1S/C21H21N5O2/c1-12-8-24-18(11-22-12)21(27)25-10-17-7-16-6-15(4-5-19(16)28-17)20-14(3)23-9-13(2)26-20/h4-6,8-9,11,17H,7,10H2,1-3H3,(H,25,27). The molecule has 1 unspecified atom stereocenters. The summed E-state index contributed by atoms with van der Waals surface area (Å²) in [5.74, 6) is 0.592. The van der Waals surface area contributed by atoms with Gasteiger partial charge in [-0.25, -0.2) is 9.97 Å². The van der Waals surface area contributed by atoms with Gasteiger partial charge in [-0.05, 0) is 44.5 Å². The van der Waals surface area contributed by atoms with Crippen molar-refractivity contribution in [3.63, 3.8) is 0 Å². The number of hydrogen-bond donors (Lipinski definition) is 1. The maximum atomic E-state index is 12.2. The van der Waals surface area contributed by atoms with Gasteiger partial charge in [0.25, 0.3) is 5.91 Å². The molecular formula is C21H21N5O2. The Morgan fingerprint density at radius 3 is 2.71 bits per heavy atom. The molecule has 1 aliphatic rings. The molecule has 0 radical (unpaired) electrons. The van der Waals surface area contributed by atoms with Crippen LogP contribution >= 0.6 is 0 Å². The number of fused-ring (bicyclic) bond motifs is 1. The summed E-state index contributed by atoms with van der Waals surface area (Å²) in [6.45, 7) is 6.12. The second-order valence-electron chi connectivity index (χ2n) is 6.96. The Labute approximate surface area is 163 Å². The van der Waals surface area contributed by atoms with Gasteiger partial charge in [0.15, 0.2) is 0 Å². The molecule has 7 heteroatoms. The number of amides is 1. The highest BCUT2D eigenvalue weighted by Gasteiger charge is 2.24. The van der Waals surface area contributed by atoms with Crippen molar-refractivity contribution >= 4 is 5.91 Å². The fourth-order valence-corrected chi connectivity index (χ4v) is 3.20. The van der Waals surface area contributed by atoms with Crippen LogP contribution in [0.15, 0.2) is 36.8 Å². The van der Waals surface area contributed by atoms with Crippen molar-refractivity contribution in [3.05, 3.63) is 65.1 Å². The van der Waals surface area contributed by atoms with Gasteiger partial charge in [0.1, 0.15) is 17.5 Å². The van der Waals surface area contributed by atoms with E-state index in [0.717, 1.165) is 46.1 Å². The lowest BCUT2D eigenvalue weighted by Crippen LogP contribution is -2.34. The number of hydrogen-bond acceptors (Lipinski definition) is 6. The van der Waals surface area contributed by atoms with Crippen LogP contribution in [0, 0.1) is 20.8 Å². The molecule has 3 heterocycles. The molecule has 1 aliphatic heterocycles. The average molecular weight is 375 g/mol. The summed E-state index contributed by atoms with van der Waals surface area (Å²) in [6, 6.07) is 6.05. The van der Waals surface area contributed by atoms with E-state index in [1.54, 1.807) is 12.4 Å². The van der Waals surface area contributed by atoms with Crippen molar-refractivity contribution in [1.82, 2.24) is 25.3 Å². The van der Waals surface area contributed by atoms with E-state index in [0.29, 0.717) is 12.2 Å². The molecular weight excluding hydrogens is 354 g/mol. The number of nitrogens with one attached hydrogen (secondary N) is 1. The van der Waals surface area contributed by atoms with E-state index >= 15 is 0 Å². The first-order chi connectivity index (χ1) is 13.5. The first kappa shape index (κ1) is 18.0. The van der Waals surface area contributed by atoms with Gasteiger partial charge in [0.2, 0.25) is 0 Å². The molecule has 0 fully saturated rings. The minimum Gasteiger partial charge on any atom is -0.488 e. The molecule has 1 atom stereocenters. The van der Waals surface area contributed by atoms with Crippen molar-refractivity contribution in [3.8, 4) is 17.0 Å². The summed E-state index contributed by atoms with van der Waals surface area (Å²) >= 11 is 0. The summed E-state index contributed by atoms with van der Waals surface area (Å²) in [7, 11) is 0. The van der Waals surface area contributed by atoms with Crippen molar-refractivity contribution in [2.45, 2.75) is 33.3 Å². The smallest absolute Gasteiger partial charge is 0.271 e. The first-order valence-corrected chi connectivity index (χ1v) is 9.16. The topological polar surface area (TPSA) is 89.9 Å². The number of carbonyl (C=O) groups excluding carboxylic acids is 1. The molecule has 1 amide bonds. The van der Waals surface area contributed by atoms with Crippen LogP contribution in [0.2, 0.25) is 0 Å². The summed E-state index contributed by atoms with van der Waals surface area (Å²) in [5, 5.41) is 2.87. The lowest BCUT2D eigenvalue weighted by Gasteiger charge is -2.11. The second-order valence-corrected chi connectivity index (χ2v) is 6.96. The van der Waals surface area contributed by atoms with E-state index in [2.05, 4.69) is 31.3 Å². The van der Waals surface area contributed by atoms with Gasteiger partial charge in [0.05, 0.1) is 35.5 Å². The van der Waals surface area contributed by atoms with E-state index < -0.39 is 0 Å². The van der Waals surface area contributed by atoms with Crippen LogP contribution in [-0.2, 0) is 6.42 Å². The largest absolute Gasteiger partial charge is 0.488 e. The SMILES string of the molecule is Cc1cnc(C(=O)NCC2Cc3cc(-c4nc(C)cnc4C)ccc3O2)cn1. The number of rotatable bonds is 4. The minimum atomic E-state index is -0.251. The third-order valence-corrected chi connectivity index (χ3v) is 4.65. The quantitative estimate of drug-likeness (QED) is 0.754. The van der Waals surface area contributed by atoms with Gasteiger partial charge in [0, 0.05) is 24.4 Å². The molecule has 7 nitrogen and oxygen atoms in total. The van der Waals surface area contributed by atoms with Gasteiger partial charge in [-0.1, -0.05) is 0 Å². The maximum Gasteiger partial charge on any atom is 0.271 e. The first-order valence-electron chi connectivity index (χ1n) is 9.16. The van der Waals surface area contributed by atoms with E-state index in [1.807, 2.05) is 32.9 Å². The van der Waals surface area contributed by atoms with Crippen LogP contribution in [0.5, 0.6) is 5.75 Å². The normalized spacial score (nSPS) is 15.0. The zero-order valence-corrected chi connectivity index (χ0v) is 16.1. The Bertz CT molecular complexity index is 1030. The molecule has 4 rings (SSSR count). The minimum absolute atomic E-state index is 0.114. The van der Waals surface area contributed by atoms with Crippen LogP contribution in [0.4, 0.5) is 0 Å². The van der Waals surface area contributed by atoms with Gasteiger partial charge >= 0.3 is 0 Å². The molecule has 0 bridgehead atoms. The molecule has 2 aromatic heterocycles. The highest BCUT2D eigenvalue weighted by molar-refractivity contribution is 5.91. The highest BCUT2D eigenvalue weighted by atomic mass is 16.5. The number of aromatic nitrogens is 4. The highest BCUT2D eigenvalue weighted by Crippen LogP contribution is 2.33. The van der Waals surface area contributed by atoms with Crippen molar-refractivity contribution in [1.29, 1.82) is 0 Å². The van der Waals surface area contributed by atoms with Gasteiger partial charge in [-0.3, -0.25) is 14.8 Å². The number of nitrogens with zero attached hydrogens (tertiary/aromatic N) is 4. The molecule has 0 saturated carbocycles. The van der Waals surface area contributed by atoms with Gasteiger partial charge in [-0.15, -0.1) is 0 Å². The predicted octanol–water partition coefficient (Wildman–Crippen LogP) is 2.59. The third kappa shape index (κ3) is 3.69. The summed E-state index contributed by atoms with van der Waals surface area (Å²) in [6.07, 6.45) is 5.44. The third-order valence-electron chi connectivity index (χ3n) is 4.65. The Morgan fingerprint density at radius 2 is 1.93 bits per heavy atom.